The van der Waals surface area contributed by atoms with E-state index in [1.807, 2.05) is 31.2 Å². The summed E-state index contributed by atoms with van der Waals surface area (Å²) in [6.07, 6.45) is 0. The number of benzene rings is 2. The zero-order valence-electron chi connectivity index (χ0n) is 11.6. The Bertz CT molecular complexity index is 640. The number of carbonyl (C=O) groups is 1. The van der Waals surface area contributed by atoms with E-state index in [2.05, 4.69) is 0 Å². The second kappa shape index (κ2) is 5.97. The van der Waals surface area contributed by atoms with Crippen molar-refractivity contribution < 1.29 is 4.79 Å². The fraction of sp³-hybridized carbons (Fsp3) is 0.188. The van der Waals surface area contributed by atoms with Crippen molar-refractivity contribution in [2.45, 2.75) is 13.5 Å². The highest BCUT2D eigenvalue weighted by atomic mass is 35.5. The minimum Gasteiger partial charge on any atom is -0.399 e. The molecule has 0 saturated carbocycles. The second-order valence-electron chi connectivity index (χ2n) is 4.88. The first kappa shape index (κ1) is 14.4. The first-order valence-corrected chi connectivity index (χ1v) is 6.71. The molecule has 0 aliphatic heterocycles. The van der Waals surface area contributed by atoms with Crippen LogP contribution in [0.4, 0.5) is 5.69 Å². The number of aryl methyl sites for hydroxylation is 1. The molecule has 0 spiro atoms. The van der Waals surface area contributed by atoms with Gasteiger partial charge in [-0.3, -0.25) is 4.79 Å². The molecule has 3 nitrogen and oxygen atoms in total. The van der Waals surface area contributed by atoms with Crippen molar-refractivity contribution in [3.05, 3.63) is 64.2 Å². The van der Waals surface area contributed by atoms with Crippen LogP contribution in [0.1, 0.15) is 21.5 Å². The highest BCUT2D eigenvalue weighted by molar-refractivity contribution is 6.31. The van der Waals surface area contributed by atoms with Crippen LogP contribution >= 0.6 is 11.6 Å². The molecule has 0 saturated heterocycles. The molecule has 2 aromatic carbocycles. The molecule has 0 radical (unpaired) electrons. The van der Waals surface area contributed by atoms with Crippen LogP contribution in [0.5, 0.6) is 0 Å². The van der Waals surface area contributed by atoms with Crippen molar-refractivity contribution in [1.82, 2.24) is 4.90 Å². The van der Waals surface area contributed by atoms with Gasteiger partial charge in [0.15, 0.2) is 0 Å². The molecule has 0 atom stereocenters. The highest BCUT2D eigenvalue weighted by Crippen LogP contribution is 2.21. The lowest BCUT2D eigenvalue weighted by Gasteiger charge is -2.18. The predicted octanol–water partition coefficient (Wildman–Crippen LogP) is 3.50. The minimum atomic E-state index is -0.0350. The van der Waals surface area contributed by atoms with Gasteiger partial charge in [-0.05, 0) is 42.8 Å². The second-order valence-corrected chi connectivity index (χ2v) is 5.29. The molecule has 2 aromatic rings. The summed E-state index contributed by atoms with van der Waals surface area (Å²) in [6, 6.07) is 12.8. The molecule has 0 aromatic heterocycles. The van der Waals surface area contributed by atoms with E-state index in [0.29, 0.717) is 22.8 Å². The molecular weight excluding hydrogens is 272 g/mol. The predicted molar refractivity (Wildman–Crippen MR) is 82.8 cm³/mol. The number of anilines is 1. The topological polar surface area (TPSA) is 46.3 Å². The van der Waals surface area contributed by atoms with Gasteiger partial charge in [-0.25, -0.2) is 0 Å². The Labute approximate surface area is 124 Å². The van der Waals surface area contributed by atoms with E-state index in [4.69, 9.17) is 17.3 Å². The molecule has 0 heterocycles. The molecule has 2 N–H and O–H groups in total. The Hall–Kier alpha value is -2.00. The largest absolute Gasteiger partial charge is 0.399 e. The van der Waals surface area contributed by atoms with Crippen LogP contribution in [0.15, 0.2) is 42.5 Å². The molecule has 0 bridgehead atoms. The number of carbonyl (C=O) groups excluding carboxylic acids is 1. The van der Waals surface area contributed by atoms with Gasteiger partial charge in [-0.2, -0.15) is 0 Å². The molecular formula is C16H17ClN2O. The summed E-state index contributed by atoms with van der Waals surface area (Å²) in [4.78, 5) is 14.0. The van der Waals surface area contributed by atoms with E-state index in [-0.39, 0.29) is 5.91 Å². The first-order chi connectivity index (χ1) is 9.47. The molecule has 0 unspecified atom stereocenters. The zero-order valence-corrected chi connectivity index (χ0v) is 12.3. The maximum atomic E-state index is 12.3. The van der Waals surface area contributed by atoms with Gasteiger partial charge in [-0.1, -0.05) is 29.3 Å². The molecule has 0 aliphatic carbocycles. The first-order valence-electron chi connectivity index (χ1n) is 6.33. The summed E-state index contributed by atoms with van der Waals surface area (Å²) in [6.45, 7) is 2.39. The molecule has 20 heavy (non-hydrogen) atoms. The lowest BCUT2D eigenvalue weighted by Crippen LogP contribution is -2.26. The van der Waals surface area contributed by atoms with Gasteiger partial charge in [-0.15, -0.1) is 0 Å². The molecule has 0 fully saturated rings. The fourth-order valence-corrected chi connectivity index (χ4v) is 2.22. The van der Waals surface area contributed by atoms with Crippen LogP contribution < -0.4 is 5.73 Å². The van der Waals surface area contributed by atoms with Gasteiger partial charge in [0.1, 0.15) is 0 Å². The normalized spacial score (nSPS) is 10.3. The van der Waals surface area contributed by atoms with Crippen LogP contribution in [0.2, 0.25) is 5.02 Å². The van der Waals surface area contributed by atoms with Gasteiger partial charge in [0.2, 0.25) is 0 Å². The smallest absolute Gasteiger partial charge is 0.253 e. The average molecular weight is 289 g/mol. The maximum Gasteiger partial charge on any atom is 0.253 e. The summed E-state index contributed by atoms with van der Waals surface area (Å²) >= 11 is 6.12. The number of rotatable bonds is 3. The zero-order chi connectivity index (χ0) is 14.7. The van der Waals surface area contributed by atoms with E-state index < -0.39 is 0 Å². The Morgan fingerprint density at radius 2 is 2.00 bits per heavy atom. The highest BCUT2D eigenvalue weighted by Gasteiger charge is 2.13. The fourth-order valence-electron chi connectivity index (χ4n) is 2.04. The van der Waals surface area contributed by atoms with Crippen molar-refractivity contribution in [3.63, 3.8) is 0 Å². The quantitative estimate of drug-likeness (QED) is 0.879. The standard InChI is InChI=1S/C16H17ClN2O/c1-11-4-3-5-12(8-11)16(20)19(2)10-13-9-14(18)6-7-15(13)17/h3-9H,10,18H2,1-2H3. The van der Waals surface area contributed by atoms with Gasteiger partial charge in [0, 0.05) is 29.9 Å². The van der Waals surface area contributed by atoms with Gasteiger partial charge >= 0.3 is 0 Å². The summed E-state index contributed by atoms with van der Waals surface area (Å²) in [5, 5.41) is 0.614. The van der Waals surface area contributed by atoms with Crippen LogP contribution in [0.25, 0.3) is 0 Å². The van der Waals surface area contributed by atoms with Crippen molar-refractivity contribution >= 4 is 23.2 Å². The molecule has 4 heteroatoms. The van der Waals surface area contributed by atoms with Crippen LogP contribution in [-0.2, 0) is 6.54 Å². The number of nitrogen functional groups attached to an aromatic ring is 1. The third kappa shape index (κ3) is 3.31. The van der Waals surface area contributed by atoms with Crippen molar-refractivity contribution in [3.8, 4) is 0 Å². The number of amides is 1. The van der Waals surface area contributed by atoms with E-state index >= 15 is 0 Å². The number of hydrogen-bond donors (Lipinski definition) is 1. The van der Waals surface area contributed by atoms with Crippen LogP contribution in [0, 0.1) is 6.92 Å². The summed E-state index contributed by atoms with van der Waals surface area (Å²) < 4.78 is 0. The Kier molecular flexibility index (Phi) is 4.30. The summed E-state index contributed by atoms with van der Waals surface area (Å²) in [5.41, 5.74) is 8.97. The lowest BCUT2D eigenvalue weighted by molar-refractivity contribution is 0.0785. The minimum absolute atomic E-state index is 0.0350. The van der Waals surface area contributed by atoms with Crippen LogP contribution in [0.3, 0.4) is 0 Å². The van der Waals surface area contributed by atoms with E-state index in [1.165, 1.54) is 0 Å². The van der Waals surface area contributed by atoms with Gasteiger partial charge < -0.3 is 10.6 Å². The summed E-state index contributed by atoms with van der Waals surface area (Å²) in [5.74, 6) is -0.0350. The maximum absolute atomic E-state index is 12.3. The third-order valence-electron chi connectivity index (χ3n) is 3.09. The number of nitrogens with zero attached hydrogens (tertiary/aromatic N) is 1. The Balaban J connectivity index is 2.17. The van der Waals surface area contributed by atoms with Gasteiger partial charge in [0.25, 0.3) is 5.91 Å². The van der Waals surface area contributed by atoms with E-state index in [0.717, 1.165) is 11.1 Å². The SMILES string of the molecule is Cc1cccc(C(=O)N(C)Cc2cc(N)ccc2Cl)c1. The Morgan fingerprint density at radius 1 is 1.25 bits per heavy atom. The van der Waals surface area contributed by atoms with E-state index in [1.54, 1.807) is 30.1 Å². The average Bonchev–Trinajstić information content (AvgIpc) is 2.42. The Morgan fingerprint density at radius 3 is 2.70 bits per heavy atom. The van der Waals surface area contributed by atoms with Crippen LogP contribution in [-0.4, -0.2) is 17.9 Å². The van der Waals surface area contributed by atoms with E-state index in [9.17, 15) is 4.79 Å². The molecule has 1 amide bonds. The lowest BCUT2D eigenvalue weighted by atomic mass is 10.1. The molecule has 104 valence electrons. The van der Waals surface area contributed by atoms with Gasteiger partial charge in [0.05, 0.1) is 0 Å². The van der Waals surface area contributed by atoms with Crippen molar-refractivity contribution in [1.29, 1.82) is 0 Å². The molecule has 0 aliphatic rings. The number of hydrogen-bond acceptors (Lipinski definition) is 2. The molecule has 2 rings (SSSR count). The third-order valence-corrected chi connectivity index (χ3v) is 3.46. The van der Waals surface area contributed by atoms with Crippen molar-refractivity contribution in [2.24, 2.45) is 0 Å². The number of nitrogens with two attached hydrogens (primary N) is 1. The monoisotopic (exact) mass is 288 g/mol. The summed E-state index contributed by atoms with van der Waals surface area (Å²) in [7, 11) is 1.75. The number of halogens is 1. The van der Waals surface area contributed by atoms with Crippen molar-refractivity contribution in [2.75, 3.05) is 12.8 Å².